The number of amides is 1. The van der Waals surface area contributed by atoms with Gasteiger partial charge in [-0.15, -0.1) is 0 Å². The fourth-order valence-corrected chi connectivity index (χ4v) is 1.89. The van der Waals surface area contributed by atoms with Crippen LogP contribution in [0.3, 0.4) is 0 Å². The number of hydrogen-bond donors (Lipinski definition) is 1. The smallest absolute Gasteiger partial charge is 0.349 e. The molecule has 0 spiro atoms. The lowest BCUT2D eigenvalue weighted by molar-refractivity contribution is -0.142. The molecule has 2 aromatic carbocycles. The first-order chi connectivity index (χ1) is 11.6. The van der Waals surface area contributed by atoms with Gasteiger partial charge in [-0.05, 0) is 30.7 Å². The average Bonchev–Trinajstić information content (AvgIpc) is 2.60. The summed E-state index contributed by atoms with van der Waals surface area (Å²) in [4.78, 5) is 23.6. The molecule has 0 fully saturated rings. The predicted molar refractivity (Wildman–Crippen MR) is 90.8 cm³/mol. The van der Waals surface area contributed by atoms with Gasteiger partial charge in [-0.25, -0.2) is 4.79 Å². The van der Waals surface area contributed by atoms with Crippen molar-refractivity contribution in [1.29, 1.82) is 5.26 Å². The second kappa shape index (κ2) is 8.30. The first-order valence-corrected chi connectivity index (χ1v) is 7.29. The molecule has 0 heterocycles. The summed E-state index contributed by atoms with van der Waals surface area (Å²) in [7, 11) is 0. The average molecular weight is 320 g/mol. The highest BCUT2D eigenvalue weighted by Crippen LogP contribution is 2.10. The molecule has 2 rings (SSSR count). The number of carbonyl (C=O) groups is 2. The van der Waals surface area contributed by atoms with E-state index in [1.807, 2.05) is 25.1 Å². The monoisotopic (exact) mass is 320 g/mol. The van der Waals surface area contributed by atoms with Crippen LogP contribution in [-0.2, 0) is 14.3 Å². The van der Waals surface area contributed by atoms with Crippen molar-refractivity contribution in [1.82, 2.24) is 0 Å². The third kappa shape index (κ3) is 5.11. The highest BCUT2D eigenvalue weighted by molar-refractivity contribution is 6.00. The highest BCUT2D eigenvalue weighted by Gasteiger charge is 2.13. The molecule has 0 aliphatic carbocycles. The molecule has 0 unspecified atom stereocenters. The van der Waals surface area contributed by atoms with Gasteiger partial charge in [0.1, 0.15) is 11.6 Å². The lowest BCUT2D eigenvalue weighted by atomic mass is 10.1. The van der Waals surface area contributed by atoms with Gasteiger partial charge in [-0.3, -0.25) is 4.79 Å². The van der Waals surface area contributed by atoms with Gasteiger partial charge in [0.2, 0.25) is 0 Å². The fraction of sp³-hybridized carbons (Fsp3) is 0.105. The van der Waals surface area contributed by atoms with Crippen LogP contribution in [0.15, 0.2) is 60.2 Å². The van der Waals surface area contributed by atoms with Crippen LogP contribution in [0.5, 0.6) is 0 Å². The first-order valence-electron chi connectivity index (χ1n) is 7.29. The largest absolute Gasteiger partial charge is 0.451 e. The lowest BCUT2D eigenvalue weighted by Crippen LogP contribution is -2.21. The topological polar surface area (TPSA) is 79.2 Å². The van der Waals surface area contributed by atoms with E-state index in [4.69, 9.17) is 10.00 Å². The standard InChI is InChI=1S/C19H16N2O3/c1-14-7-9-15(10-8-14)11-16(12-20)19(23)24-13-18(22)21-17-5-3-2-4-6-17/h2-11H,13H2,1H3,(H,21,22)/b16-11+. The number of nitrogens with one attached hydrogen (secondary N) is 1. The molecule has 0 bridgehead atoms. The third-order valence-corrected chi connectivity index (χ3v) is 3.12. The summed E-state index contributed by atoms with van der Waals surface area (Å²) in [5.41, 5.74) is 2.23. The molecule has 0 radical (unpaired) electrons. The Kier molecular flexibility index (Phi) is 5.87. The van der Waals surface area contributed by atoms with Gasteiger partial charge in [0.25, 0.3) is 5.91 Å². The van der Waals surface area contributed by atoms with Crippen LogP contribution in [-0.4, -0.2) is 18.5 Å². The predicted octanol–water partition coefficient (Wildman–Crippen LogP) is 3.08. The number of benzene rings is 2. The highest BCUT2D eigenvalue weighted by atomic mass is 16.5. The second-order valence-corrected chi connectivity index (χ2v) is 5.07. The SMILES string of the molecule is Cc1ccc(/C=C(\C#N)C(=O)OCC(=O)Nc2ccccc2)cc1. The van der Waals surface area contributed by atoms with Gasteiger partial charge in [0, 0.05) is 5.69 Å². The van der Waals surface area contributed by atoms with E-state index < -0.39 is 18.5 Å². The molecule has 0 saturated heterocycles. The van der Waals surface area contributed by atoms with Crippen molar-refractivity contribution in [3.63, 3.8) is 0 Å². The Bertz CT molecular complexity index is 788. The molecule has 0 aliphatic rings. The maximum absolute atomic E-state index is 11.9. The van der Waals surface area contributed by atoms with Crippen molar-refractivity contribution in [3.05, 3.63) is 71.3 Å². The summed E-state index contributed by atoms with van der Waals surface area (Å²) in [5.74, 6) is -1.30. The van der Waals surface area contributed by atoms with E-state index in [1.54, 1.807) is 42.5 Å². The number of aryl methyl sites for hydroxylation is 1. The zero-order chi connectivity index (χ0) is 17.4. The Morgan fingerprint density at radius 1 is 1.12 bits per heavy atom. The van der Waals surface area contributed by atoms with E-state index in [1.165, 1.54) is 6.08 Å². The summed E-state index contributed by atoms with van der Waals surface area (Å²) in [5, 5.41) is 11.7. The Hall–Kier alpha value is -3.39. The van der Waals surface area contributed by atoms with Crippen LogP contribution in [0.4, 0.5) is 5.69 Å². The molecule has 120 valence electrons. The van der Waals surface area contributed by atoms with Crippen molar-refractivity contribution in [3.8, 4) is 6.07 Å². The number of carbonyl (C=O) groups excluding carboxylic acids is 2. The van der Waals surface area contributed by atoms with Gasteiger partial charge in [0.05, 0.1) is 0 Å². The van der Waals surface area contributed by atoms with E-state index >= 15 is 0 Å². The van der Waals surface area contributed by atoms with Crippen LogP contribution in [0, 0.1) is 18.3 Å². The maximum Gasteiger partial charge on any atom is 0.349 e. The number of esters is 1. The number of para-hydroxylation sites is 1. The number of rotatable bonds is 5. The van der Waals surface area contributed by atoms with Gasteiger partial charge < -0.3 is 10.1 Å². The fourth-order valence-electron chi connectivity index (χ4n) is 1.89. The minimum atomic E-state index is -0.832. The maximum atomic E-state index is 11.9. The zero-order valence-electron chi connectivity index (χ0n) is 13.2. The number of nitriles is 1. The van der Waals surface area contributed by atoms with Crippen LogP contribution in [0.1, 0.15) is 11.1 Å². The Balaban J connectivity index is 1.93. The quantitative estimate of drug-likeness (QED) is 0.521. The molecule has 0 saturated carbocycles. The van der Waals surface area contributed by atoms with E-state index in [-0.39, 0.29) is 5.57 Å². The lowest BCUT2D eigenvalue weighted by Gasteiger charge is -2.06. The van der Waals surface area contributed by atoms with Crippen LogP contribution in [0.2, 0.25) is 0 Å². The molecule has 0 aliphatic heterocycles. The molecule has 24 heavy (non-hydrogen) atoms. The molecule has 5 nitrogen and oxygen atoms in total. The minimum absolute atomic E-state index is 0.161. The molecule has 0 atom stereocenters. The van der Waals surface area contributed by atoms with Crippen molar-refractivity contribution in [2.24, 2.45) is 0 Å². The van der Waals surface area contributed by atoms with Gasteiger partial charge in [0.15, 0.2) is 6.61 Å². The summed E-state index contributed by atoms with van der Waals surface area (Å²) >= 11 is 0. The summed E-state index contributed by atoms with van der Waals surface area (Å²) in [6.07, 6.45) is 1.43. The number of ether oxygens (including phenoxy) is 1. The number of anilines is 1. The molecule has 1 N–H and O–H groups in total. The number of nitrogens with zero attached hydrogens (tertiary/aromatic N) is 1. The van der Waals surface area contributed by atoms with Crippen molar-refractivity contribution in [2.45, 2.75) is 6.92 Å². The summed E-state index contributed by atoms with van der Waals surface area (Å²) in [6.45, 7) is 1.49. The Morgan fingerprint density at radius 3 is 2.42 bits per heavy atom. The summed E-state index contributed by atoms with van der Waals surface area (Å²) < 4.78 is 4.88. The minimum Gasteiger partial charge on any atom is -0.451 e. The Morgan fingerprint density at radius 2 is 1.79 bits per heavy atom. The molecule has 1 amide bonds. The molecular formula is C19H16N2O3. The van der Waals surface area contributed by atoms with Crippen molar-refractivity contribution < 1.29 is 14.3 Å². The third-order valence-electron chi connectivity index (χ3n) is 3.12. The summed E-state index contributed by atoms with van der Waals surface area (Å²) in [6, 6.07) is 17.9. The molecular weight excluding hydrogens is 304 g/mol. The molecule has 0 aromatic heterocycles. The van der Waals surface area contributed by atoms with Crippen molar-refractivity contribution in [2.75, 3.05) is 11.9 Å². The Labute approximate surface area is 140 Å². The van der Waals surface area contributed by atoms with Gasteiger partial charge >= 0.3 is 5.97 Å². The van der Waals surface area contributed by atoms with Crippen molar-refractivity contribution >= 4 is 23.6 Å². The van der Waals surface area contributed by atoms with Gasteiger partial charge in [-0.1, -0.05) is 48.0 Å². The van der Waals surface area contributed by atoms with Crippen LogP contribution in [0.25, 0.3) is 6.08 Å². The number of hydrogen-bond acceptors (Lipinski definition) is 4. The van der Waals surface area contributed by atoms with E-state index in [9.17, 15) is 9.59 Å². The second-order valence-electron chi connectivity index (χ2n) is 5.07. The zero-order valence-corrected chi connectivity index (χ0v) is 13.2. The molecule has 2 aromatic rings. The van der Waals surface area contributed by atoms with E-state index in [0.29, 0.717) is 11.3 Å². The van der Waals surface area contributed by atoms with Gasteiger partial charge in [-0.2, -0.15) is 5.26 Å². The van der Waals surface area contributed by atoms with Crippen LogP contribution >= 0.6 is 0 Å². The van der Waals surface area contributed by atoms with Crippen LogP contribution < -0.4 is 5.32 Å². The first kappa shape index (κ1) is 17.0. The molecule has 5 heteroatoms. The van der Waals surface area contributed by atoms with E-state index in [2.05, 4.69) is 5.32 Å². The van der Waals surface area contributed by atoms with E-state index in [0.717, 1.165) is 5.56 Å². The normalized spacial score (nSPS) is 10.6.